The lowest BCUT2D eigenvalue weighted by Crippen LogP contribution is -1.98. The third-order valence-corrected chi connectivity index (χ3v) is 4.38. The van der Waals surface area contributed by atoms with Crippen molar-refractivity contribution in [1.82, 2.24) is 14.8 Å². The molecule has 0 atom stereocenters. The zero-order valence-corrected chi connectivity index (χ0v) is 14.4. The minimum atomic E-state index is -0.0699. The van der Waals surface area contributed by atoms with Crippen molar-refractivity contribution in [3.63, 3.8) is 0 Å². The molecule has 0 radical (unpaired) electrons. The first-order valence-corrected chi connectivity index (χ1v) is 8.40. The van der Waals surface area contributed by atoms with E-state index >= 15 is 0 Å². The van der Waals surface area contributed by atoms with E-state index in [9.17, 15) is 10.2 Å². The van der Waals surface area contributed by atoms with Crippen molar-refractivity contribution < 1.29 is 10.2 Å². The molecule has 0 aliphatic heterocycles. The number of aromatic nitrogens is 3. The van der Waals surface area contributed by atoms with Gasteiger partial charge in [0.25, 0.3) is 0 Å². The fourth-order valence-corrected chi connectivity index (χ4v) is 3.12. The first-order valence-electron chi connectivity index (χ1n) is 7.99. The topological polar surface area (TPSA) is 74.1 Å². The SMILES string of the molecule is Oc1ccc(-c2n[nH]c(=S)n2-c2cccc(-c3ccccc3)c2)c(O)c1. The van der Waals surface area contributed by atoms with Crippen molar-refractivity contribution in [1.29, 1.82) is 0 Å². The van der Waals surface area contributed by atoms with Gasteiger partial charge in [-0.15, -0.1) is 0 Å². The molecule has 3 N–H and O–H groups in total. The van der Waals surface area contributed by atoms with Crippen LogP contribution in [0.15, 0.2) is 72.8 Å². The first kappa shape index (κ1) is 16.1. The number of nitrogens with one attached hydrogen (secondary N) is 1. The second-order valence-electron chi connectivity index (χ2n) is 5.81. The summed E-state index contributed by atoms with van der Waals surface area (Å²) >= 11 is 5.40. The maximum Gasteiger partial charge on any atom is 0.200 e. The lowest BCUT2D eigenvalue weighted by Gasteiger charge is -2.10. The molecule has 128 valence electrons. The molecule has 0 bridgehead atoms. The standard InChI is InChI=1S/C20H15N3O2S/c24-16-9-10-17(18(25)12-16)19-21-22-20(26)23(19)15-8-4-7-14(11-15)13-5-2-1-3-6-13/h1-12,24-25H,(H,22,26). The fourth-order valence-electron chi connectivity index (χ4n) is 2.88. The molecule has 26 heavy (non-hydrogen) atoms. The summed E-state index contributed by atoms with van der Waals surface area (Å²) in [6, 6.07) is 22.3. The normalized spacial score (nSPS) is 10.8. The lowest BCUT2D eigenvalue weighted by atomic mass is 10.1. The Hall–Kier alpha value is -3.38. The van der Waals surface area contributed by atoms with Gasteiger partial charge in [0.2, 0.25) is 0 Å². The number of rotatable bonds is 3. The molecule has 0 aliphatic carbocycles. The maximum atomic E-state index is 10.2. The summed E-state index contributed by atoms with van der Waals surface area (Å²) in [6.45, 7) is 0. The van der Waals surface area contributed by atoms with Crippen LogP contribution in [0.25, 0.3) is 28.2 Å². The van der Waals surface area contributed by atoms with Crippen LogP contribution >= 0.6 is 12.2 Å². The molecule has 0 amide bonds. The van der Waals surface area contributed by atoms with E-state index in [2.05, 4.69) is 10.2 Å². The van der Waals surface area contributed by atoms with Crippen LogP contribution in [0.5, 0.6) is 11.5 Å². The smallest absolute Gasteiger partial charge is 0.200 e. The summed E-state index contributed by atoms with van der Waals surface area (Å²) < 4.78 is 2.17. The van der Waals surface area contributed by atoms with E-state index in [1.165, 1.54) is 12.1 Å². The Kier molecular flexibility index (Phi) is 4.02. The average Bonchev–Trinajstić information content (AvgIpc) is 3.04. The maximum absolute atomic E-state index is 10.2. The Balaban J connectivity index is 1.88. The molecule has 1 aromatic heterocycles. The molecule has 5 nitrogen and oxygen atoms in total. The largest absolute Gasteiger partial charge is 0.508 e. The van der Waals surface area contributed by atoms with Gasteiger partial charge < -0.3 is 10.2 Å². The minimum absolute atomic E-state index is 0.0157. The van der Waals surface area contributed by atoms with E-state index in [4.69, 9.17) is 12.2 Å². The molecular weight excluding hydrogens is 346 g/mol. The highest BCUT2D eigenvalue weighted by Crippen LogP contribution is 2.33. The Labute approximate surface area is 154 Å². The van der Waals surface area contributed by atoms with Crippen LogP contribution in [0.1, 0.15) is 0 Å². The molecule has 0 spiro atoms. The Morgan fingerprint density at radius 3 is 2.38 bits per heavy atom. The van der Waals surface area contributed by atoms with Gasteiger partial charge in [-0.2, -0.15) is 5.10 Å². The zero-order chi connectivity index (χ0) is 18.1. The number of aromatic hydroxyl groups is 2. The van der Waals surface area contributed by atoms with Crippen molar-refractivity contribution in [3.8, 4) is 39.7 Å². The summed E-state index contributed by atoms with van der Waals surface area (Å²) in [5.74, 6) is 0.384. The predicted octanol–water partition coefficient (Wildman–Crippen LogP) is 4.68. The highest BCUT2D eigenvalue weighted by Gasteiger charge is 2.15. The molecule has 0 unspecified atom stereocenters. The van der Waals surface area contributed by atoms with Gasteiger partial charge in [-0.25, -0.2) is 0 Å². The molecule has 0 aliphatic rings. The number of aromatic amines is 1. The molecule has 4 rings (SSSR count). The van der Waals surface area contributed by atoms with Gasteiger partial charge in [-0.3, -0.25) is 9.67 Å². The van der Waals surface area contributed by atoms with Crippen molar-refractivity contribution in [2.45, 2.75) is 0 Å². The Bertz CT molecular complexity index is 1130. The first-order chi connectivity index (χ1) is 12.6. The molecule has 0 saturated heterocycles. The fraction of sp³-hybridized carbons (Fsp3) is 0. The molecule has 3 aromatic carbocycles. The monoisotopic (exact) mass is 361 g/mol. The van der Waals surface area contributed by atoms with Crippen LogP contribution in [0.4, 0.5) is 0 Å². The van der Waals surface area contributed by atoms with Crippen molar-refractivity contribution in [2.24, 2.45) is 0 Å². The Morgan fingerprint density at radius 1 is 0.846 bits per heavy atom. The van der Waals surface area contributed by atoms with Crippen LogP contribution in [-0.2, 0) is 0 Å². The summed E-state index contributed by atoms with van der Waals surface area (Å²) in [5, 5.41) is 26.8. The zero-order valence-electron chi connectivity index (χ0n) is 13.6. The van der Waals surface area contributed by atoms with Crippen molar-refractivity contribution in [2.75, 3.05) is 0 Å². The third-order valence-electron chi connectivity index (χ3n) is 4.11. The van der Waals surface area contributed by atoms with Gasteiger partial charge in [-0.05, 0) is 47.6 Å². The minimum Gasteiger partial charge on any atom is -0.508 e. The average molecular weight is 361 g/mol. The lowest BCUT2D eigenvalue weighted by molar-refractivity contribution is 0.451. The van der Waals surface area contributed by atoms with E-state index < -0.39 is 0 Å². The summed E-state index contributed by atoms with van der Waals surface area (Å²) in [7, 11) is 0. The van der Waals surface area contributed by atoms with Crippen LogP contribution in [-0.4, -0.2) is 25.0 Å². The number of hydrogen-bond donors (Lipinski definition) is 3. The van der Waals surface area contributed by atoms with E-state index in [0.717, 1.165) is 16.8 Å². The molecule has 6 heteroatoms. The highest BCUT2D eigenvalue weighted by molar-refractivity contribution is 7.71. The number of phenols is 2. The summed E-state index contributed by atoms with van der Waals surface area (Å²) in [5.41, 5.74) is 3.44. The number of nitrogens with zero attached hydrogens (tertiary/aromatic N) is 2. The molecular formula is C20H15N3O2S. The molecule has 0 saturated carbocycles. The van der Waals surface area contributed by atoms with E-state index in [1.807, 2.05) is 54.6 Å². The van der Waals surface area contributed by atoms with E-state index in [0.29, 0.717) is 16.2 Å². The van der Waals surface area contributed by atoms with Crippen LogP contribution in [0.3, 0.4) is 0 Å². The van der Waals surface area contributed by atoms with Crippen LogP contribution in [0.2, 0.25) is 0 Å². The van der Waals surface area contributed by atoms with Gasteiger partial charge in [0.1, 0.15) is 11.5 Å². The van der Waals surface area contributed by atoms with Gasteiger partial charge in [0, 0.05) is 6.07 Å². The highest BCUT2D eigenvalue weighted by atomic mass is 32.1. The van der Waals surface area contributed by atoms with Gasteiger partial charge >= 0.3 is 0 Å². The molecule has 1 heterocycles. The Morgan fingerprint density at radius 2 is 1.62 bits per heavy atom. The van der Waals surface area contributed by atoms with Crippen molar-refractivity contribution >= 4 is 12.2 Å². The van der Waals surface area contributed by atoms with Gasteiger partial charge in [-0.1, -0.05) is 42.5 Å². The second-order valence-corrected chi connectivity index (χ2v) is 6.19. The summed E-state index contributed by atoms with van der Waals surface area (Å²) in [6.07, 6.45) is 0. The molecule has 4 aromatic rings. The van der Waals surface area contributed by atoms with Crippen molar-refractivity contribution in [3.05, 3.63) is 77.6 Å². The van der Waals surface area contributed by atoms with E-state index in [1.54, 1.807) is 10.6 Å². The second kappa shape index (κ2) is 6.50. The van der Waals surface area contributed by atoms with E-state index in [-0.39, 0.29) is 11.5 Å². The number of benzene rings is 3. The summed E-state index contributed by atoms with van der Waals surface area (Å²) in [4.78, 5) is 0. The third kappa shape index (κ3) is 2.87. The van der Waals surface area contributed by atoms with Gasteiger partial charge in [0.05, 0.1) is 11.3 Å². The predicted molar refractivity (Wildman–Crippen MR) is 103 cm³/mol. The van der Waals surface area contributed by atoms with Crippen LogP contribution < -0.4 is 0 Å². The number of H-pyrrole nitrogens is 1. The molecule has 0 fully saturated rings. The number of phenolic OH excluding ortho intramolecular Hbond substituents is 2. The quantitative estimate of drug-likeness (QED) is 0.463. The number of hydrogen-bond acceptors (Lipinski definition) is 4. The van der Waals surface area contributed by atoms with Gasteiger partial charge in [0.15, 0.2) is 10.6 Å². The van der Waals surface area contributed by atoms with Crippen LogP contribution in [0, 0.1) is 4.77 Å².